The molecule has 0 N–H and O–H groups in total. The van der Waals surface area contributed by atoms with E-state index in [1.54, 1.807) is 54.6 Å². The molecule has 7 heteroatoms. The maximum atomic E-state index is 13.3. The summed E-state index contributed by atoms with van der Waals surface area (Å²) in [6.45, 7) is 0.149. The molecule has 0 saturated carbocycles. The van der Waals surface area contributed by atoms with Gasteiger partial charge in [-0.3, -0.25) is 9.59 Å². The van der Waals surface area contributed by atoms with Crippen molar-refractivity contribution in [1.82, 2.24) is 0 Å². The number of benzene rings is 4. The molecule has 5 rings (SSSR count). The first kappa shape index (κ1) is 22.4. The summed E-state index contributed by atoms with van der Waals surface area (Å²) in [4.78, 5) is 39.8. The van der Waals surface area contributed by atoms with Crippen molar-refractivity contribution in [1.29, 1.82) is 0 Å². The Morgan fingerprint density at radius 1 is 0.771 bits per heavy atom. The van der Waals surface area contributed by atoms with Gasteiger partial charge in [0.1, 0.15) is 18.1 Å². The summed E-state index contributed by atoms with van der Waals surface area (Å²) in [7, 11) is 0. The standard InChI is InChI=1S/C28H18ClNO5/c29-20-11-15-22(16-12-20)35-24-8-4-7-23-25(24)27(32)30(26(23)31)21-13-9-19(10-14-21)28(33)34-17-18-5-2-1-3-6-18/h1-16H,17H2. The van der Waals surface area contributed by atoms with Gasteiger partial charge in [-0.25, -0.2) is 9.69 Å². The van der Waals surface area contributed by atoms with Crippen molar-refractivity contribution in [3.05, 3.63) is 124 Å². The van der Waals surface area contributed by atoms with Crippen LogP contribution in [0.5, 0.6) is 11.5 Å². The topological polar surface area (TPSA) is 72.9 Å². The van der Waals surface area contributed by atoms with E-state index in [1.165, 1.54) is 12.1 Å². The molecule has 0 aromatic heterocycles. The quantitative estimate of drug-likeness (QED) is 0.238. The minimum Gasteiger partial charge on any atom is -0.457 e. The summed E-state index contributed by atoms with van der Waals surface area (Å²) in [5.74, 6) is -0.715. The van der Waals surface area contributed by atoms with Crippen molar-refractivity contribution >= 4 is 35.1 Å². The molecule has 0 saturated heterocycles. The molecule has 1 aliphatic heterocycles. The number of halogens is 1. The van der Waals surface area contributed by atoms with Crippen LogP contribution in [0.15, 0.2) is 97.1 Å². The highest BCUT2D eigenvalue weighted by Gasteiger charge is 2.39. The predicted octanol–water partition coefficient (Wildman–Crippen LogP) is 6.29. The average Bonchev–Trinajstić information content (AvgIpc) is 3.15. The molecule has 0 atom stereocenters. The SMILES string of the molecule is O=C(OCc1ccccc1)c1ccc(N2C(=O)c3cccc(Oc4ccc(Cl)cc4)c3C2=O)cc1. The summed E-state index contributed by atoms with van der Waals surface area (Å²) in [6, 6.07) is 27.1. The number of carbonyl (C=O) groups excluding carboxylic acids is 3. The van der Waals surface area contributed by atoms with Gasteiger partial charge in [0.05, 0.1) is 22.4 Å². The first-order chi connectivity index (χ1) is 17.0. The Hall–Kier alpha value is -4.42. The van der Waals surface area contributed by atoms with Gasteiger partial charge < -0.3 is 9.47 Å². The Morgan fingerprint density at radius 3 is 2.20 bits per heavy atom. The second kappa shape index (κ2) is 9.44. The van der Waals surface area contributed by atoms with Crippen LogP contribution in [-0.2, 0) is 11.3 Å². The van der Waals surface area contributed by atoms with E-state index in [1.807, 2.05) is 30.3 Å². The molecule has 0 radical (unpaired) electrons. The molecule has 4 aromatic carbocycles. The van der Waals surface area contributed by atoms with Crippen LogP contribution in [0.2, 0.25) is 5.02 Å². The zero-order valence-corrected chi connectivity index (χ0v) is 19.1. The molecule has 0 aliphatic carbocycles. The fraction of sp³-hybridized carbons (Fsp3) is 0.0357. The first-order valence-corrected chi connectivity index (χ1v) is 11.2. The van der Waals surface area contributed by atoms with Crippen LogP contribution in [-0.4, -0.2) is 17.8 Å². The number of hydrogen-bond acceptors (Lipinski definition) is 5. The lowest BCUT2D eigenvalue weighted by atomic mass is 10.1. The van der Waals surface area contributed by atoms with Gasteiger partial charge in [0, 0.05) is 5.02 Å². The number of ether oxygens (including phenoxy) is 2. The molecule has 172 valence electrons. The van der Waals surface area contributed by atoms with Crippen LogP contribution in [0.3, 0.4) is 0 Å². The summed E-state index contributed by atoms with van der Waals surface area (Å²) in [5, 5.41) is 0.556. The van der Waals surface area contributed by atoms with Crippen LogP contribution >= 0.6 is 11.6 Å². The van der Waals surface area contributed by atoms with Gasteiger partial charge in [-0.1, -0.05) is 48.0 Å². The Morgan fingerprint density at radius 2 is 1.49 bits per heavy atom. The molecular formula is C28H18ClNO5. The third kappa shape index (κ3) is 4.52. The lowest BCUT2D eigenvalue weighted by molar-refractivity contribution is 0.0472. The molecule has 1 aliphatic rings. The maximum absolute atomic E-state index is 13.3. The second-order valence-corrected chi connectivity index (χ2v) is 8.23. The van der Waals surface area contributed by atoms with Crippen LogP contribution in [0, 0.1) is 0 Å². The molecule has 1 heterocycles. The fourth-order valence-electron chi connectivity index (χ4n) is 3.76. The number of nitrogens with zero attached hydrogens (tertiary/aromatic N) is 1. The third-order valence-electron chi connectivity index (χ3n) is 5.49. The van der Waals surface area contributed by atoms with Crippen molar-refractivity contribution in [3.8, 4) is 11.5 Å². The van der Waals surface area contributed by atoms with E-state index in [0.29, 0.717) is 22.0 Å². The van der Waals surface area contributed by atoms with E-state index in [4.69, 9.17) is 21.1 Å². The number of amides is 2. The molecule has 0 bridgehead atoms. The molecular weight excluding hydrogens is 466 g/mol. The van der Waals surface area contributed by atoms with Gasteiger partial charge in [0.2, 0.25) is 0 Å². The number of imide groups is 1. The average molecular weight is 484 g/mol. The normalized spacial score (nSPS) is 12.4. The summed E-state index contributed by atoms with van der Waals surface area (Å²) in [5.41, 5.74) is 1.95. The lowest BCUT2D eigenvalue weighted by Gasteiger charge is -2.14. The lowest BCUT2D eigenvalue weighted by Crippen LogP contribution is -2.29. The third-order valence-corrected chi connectivity index (χ3v) is 5.74. The monoisotopic (exact) mass is 483 g/mol. The van der Waals surface area contributed by atoms with Crippen molar-refractivity contribution in [2.24, 2.45) is 0 Å². The molecule has 35 heavy (non-hydrogen) atoms. The zero-order valence-electron chi connectivity index (χ0n) is 18.3. The van der Waals surface area contributed by atoms with Crippen molar-refractivity contribution < 1.29 is 23.9 Å². The minimum atomic E-state index is -0.506. The number of esters is 1. The van der Waals surface area contributed by atoms with Crippen LogP contribution in [0.4, 0.5) is 5.69 Å². The molecule has 6 nitrogen and oxygen atoms in total. The summed E-state index contributed by atoms with van der Waals surface area (Å²) >= 11 is 5.92. The van der Waals surface area contributed by atoms with Gasteiger partial charge in [-0.05, 0) is 66.2 Å². The Bertz CT molecular complexity index is 1420. The molecule has 0 fully saturated rings. The molecule has 0 unspecified atom stereocenters. The van der Waals surface area contributed by atoms with E-state index >= 15 is 0 Å². The van der Waals surface area contributed by atoms with Crippen LogP contribution in [0.25, 0.3) is 0 Å². The fourth-order valence-corrected chi connectivity index (χ4v) is 3.88. The predicted molar refractivity (Wildman–Crippen MR) is 131 cm³/mol. The highest BCUT2D eigenvalue weighted by Crippen LogP contribution is 2.36. The number of hydrogen-bond donors (Lipinski definition) is 0. The van der Waals surface area contributed by atoms with Crippen molar-refractivity contribution in [2.75, 3.05) is 4.90 Å². The van der Waals surface area contributed by atoms with E-state index in [0.717, 1.165) is 10.5 Å². The van der Waals surface area contributed by atoms with Crippen LogP contribution < -0.4 is 9.64 Å². The Labute approximate surface area is 206 Å². The van der Waals surface area contributed by atoms with Crippen molar-refractivity contribution in [2.45, 2.75) is 6.61 Å². The molecule has 2 amide bonds. The zero-order chi connectivity index (χ0) is 24.4. The largest absolute Gasteiger partial charge is 0.457 e. The number of fused-ring (bicyclic) bond motifs is 1. The smallest absolute Gasteiger partial charge is 0.338 e. The van der Waals surface area contributed by atoms with Gasteiger partial charge in [0.25, 0.3) is 11.8 Å². The first-order valence-electron chi connectivity index (χ1n) is 10.8. The van der Waals surface area contributed by atoms with Crippen molar-refractivity contribution in [3.63, 3.8) is 0 Å². The Balaban J connectivity index is 1.34. The van der Waals surface area contributed by atoms with E-state index in [-0.39, 0.29) is 23.5 Å². The Kier molecular flexibility index (Phi) is 6.04. The van der Waals surface area contributed by atoms with Gasteiger partial charge in [-0.15, -0.1) is 0 Å². The maximum Gasteiger partial charge on any atom is 0.338 e. The van der Waals surface area contributed by atoms with Gasteiger partial charge in [-0.2, -0.15) is 0 Å². The van der Waals surface area contributed by atoms with Gasteiger partial charge in [0.15, 0.2) is 0 Å². The molecule has 4 aromatic rings. The van der Waals surface area contributed by atoms with E-state index in [9.17, 15) is 14.4 Å². The van der Waals surface area contributed by atoms with Crippen LogP contribution in [0.1, 0.15) is 36.6 Å². The van der Waals surface area contributed by atoms with E-state index in [2.05, 4.69) is 0 Å². The highest BCUT2D eigenvalue weighted by atomic mass is 35.5. The molecule has 0 spiro atoms. The van der Waals surface area contributed by atoms with Gasteiger partial charge >= 0.3 is 5.97 Å². The number of anilines is 1. The summed E-state index contributed by atoms with van der Waals surface area (Å²) in [6.07, 6.45) is 0. The number of carbonyl (C=O) groups is 3. The number of rotatable bonds is 6. The summed E-state index contributed by atoms with van der Waals surface area (Å²) < 4.78 is 11.2. The minimum absolute atomic E-state index is 0.149. The highest BCUT2D eigenvalue weighted by molar-refractivity contribution is 6.35. The van der Waals surface area contributed by atoms with E-state index < -0.39 is 17.8 Å². The second-order valence-electron chi connectivity index (χ2n) is 7.79.